The Bertz CT molecular complexity index is 1580. The number of aromatic nitrogens is 4. The normalized spacial score (nSPS) is 12.3. The smallest absolute Gasteiger partial charge is 0.330 e. The van der Waals surface area contributed by atoms with E-state index in [4.69, 9.17) is 9.11 Å². The van der Waals surface area contributed by atoms with E-state index in [0.29, 0.717) is 12.1 Å². The molecular formula is C27H26N4O3S. The van der Waals surface area contributed by atoms with Gasteiger partial charge < -0.3 is 4.74 Å². The molecule has 1 atom stereocenters. The van der Waals surface area contributed by atoms with Crippen LogP contribution in [0.15, 0.2) is 65.7 Å². The first-order valence-corrected chi connectivity index (χ1v) is 12.4. The fourth-order valence-electron chi connectivity index (χ4n) is 4.77. The molecule has 0 amide bonds. The first kappa shape index (κ1) is 23.0. The average Bonchev–Trinajstić information content (AvgIpc) is 3.37. The highest BCUT2D eigenvalue weighted by atomic mass is 32.1. The molecule has 3 heterocycles. The zero-order valence-corrected chi connectivity index (χ0v) is 20.7. The van der Waals surface area contributed by atoms with Crippen molar-refractivity contribution in [3.8, 4) is 0 Å². The number of nitrogens with zero attached hydrogens (tertiary/aromatic N) is 4. The molecule has 178 valence electrons. The molecule has 0 spiro atoms. The Kier molecular flexibility index (Phi) is 6.21. The second-order valence-corrected chi connectivity index (χ2v) is 9.43. The van der Waals surface area contributed by atoms with E-state index in [-0.39, 0.29) is 24.7 Å². The number of aryl methyl sites for hydroxylation is 2. The number of hydrogen-bond acceptors (Lipinski definition) is 6. The summed E-state index contributed by atoms with van der Waals surface area (Å²) in [6, 6.07) is 15.2. The predicted octanol–water partition coefficient (Wildman–Crippen LogP) is 5.02. The number of pyridine rings is 1. The summed E-state index contributed by atoms with van der Waals surface area (Å²) < 4.78 is 14.5. The molecule has 0 saturated carbocycles. The Morgan fingerprint density at radius 3 is 2.69 bits per heavy atom. The summed E-state index contributed by atoms with van der Waals surface area (Å²) >= 11 is 1.45. The molecule has 7 nitrogen and oxygen atoms in total. The molecule has 0 fully saturated rings. The summed E-state index contributed by atoms with van der Waals surface area (Å²) in [6.07, 6.45) is 3.42. The quantitative estimate of drug-likeness (QED) is 0.302. The number of benzene rings is 2. The van der Waals surface area contributed by atoms with Crippen molar-refractivity contribution >= 4 is 38.6 Å². The van der Waals surface area contributed by atoms with Crippen molar-refractivity contribution < 1.29 is 9.53 Å². The maximum Gasteiger partial charge on any atom is 0.330 e. The summed E-state index contributed by atoms with van der Waals surface area (Å²) in [5.41, 5.74) is 5.26. The highest BCUT2D eigenvalue weighted by Crippen LogP contribution is 2.30. The van der Waals surface area contributed by atoms with Gasteiger partial charge in [0.05, 0.1) is 53.2 Å². The highest BCUT2D eigenvalue weighted by Gasteiger charge is 2.26. The van der Waals surface area contributed by atoms with E-state index in [2.05, 4.69) is 31.0 Å². The van der Waals surface area contributed by atoms with Crippen molar-refractivity contribution in [2.24, 2.45) is 0 Å². The zero-order valence-electron chi connectivity index (χ0n) is 19.9. The molecule has 5 aromatic rings. The van der Waals surface area contributed by atoms with E-state index < -0.39 is 6.04 Å². The molecule has 0 aliphatic heterocycles. The van der Waals surface area contributed by atoms with Crippen LogP contribution in [0.1, 0.15) is 41.8 Å². The largest absolute Gasteiger partial charge is 0.466 e. The van der Waals surface area contributed by atoms with Crippen LogP contribution >= 0.6 is 11.5 Å². The van der Waals surface area contributed by atoms with E-state index in [1.54, 1.807) is 28.5 Å². The van der Waals surface area contributed by atoms with Gasteiger partial charge in [0.1, 0.15) is 0 Å². The summed E-state index contributed by atoms with van der Waals surface area (Å²) in [5, 5.41) is 1.09. The molecule has 8 heteroatoms. The van der Waals surface area contributed by atoms with Crippen LogP contribution in [0.3, 0.4) is 0 Å². The van der Waals surface area contributed by atoms with Gasteiger partial charge in [0.25, 0.3) is 0 Å². The lowest BCUT2D eigenvalue weighted by atomic mass is 10.0. The van der Waals surface area contributed by atoms with Crippen LogP contribution in [-0.2, 0) is 16.1 Å². The van der Waals surface area contributed by atoms with Crippen molar-refractivity contribution in [2.45, 2.75) is 39.8 Å². The van der Waals surface area contributed by atoms with Crippen LogP contribution in [0.2, 0.25) is 0 Å². The number of carbonyl (C=O) groups is 1. The molecule has 35 heavy (non-hydrogen) atoms. The van der Waals surface area contributed by atoms with Crippen molar-refractivity contribution in [2.75, 3.05) is 6.61 Å². The number of esters is 1. The monoisotopic (exact) mass is 486 g/mol. The Balaban J connectivity index is 1.68. The third kappa shape index (κ3) is 4.25. The van der Waals surface area contributed by atoms with Gasteiger partial charge in [0.15, 0.2) is 0 Å². The van der Waals surface area contributed by atoms with Crippen LogP contribution < -0.4 is 5.69 Å². The predicted molar refractivity (Wildman–Crippen MR) is 138 cm³/mol. The molecule has 5 rings (SSSR count). The molecule has 0 radical (unpaired) electrons. The van der Waals surface area contributed by atoms with Crippen molar-refractivity contribution in [1.82, 2.24) is 18.5 Å². The minimum absolute atomic E-state index is 0.0528. The third-order valence-electron chi connectivity index (χ3n) is 6.22. The molecule has 0 saturated heterocycles. The summed E-state index contributed by atoms with van der Waals surface area (Å²) in [6.45, 7) is 6.53. The standard InChI is InChI=1S/C27H26N4O3S/c1-4-34-25(32)14-22(19-8-6-5-7-9-19)31-21-10-11-28-15-23(21)30(27(31)33)16-20-26-18(3)12-17(2)13-24(26)35-29-20/h5-13,15,22H,4,14,16H2,1-3H3. The number of carbonyl (C=O) groups excluding carboxylic acids is 1. The summed E-state index contributed by atoms with van der Waals surface area (Å²) in [5.74, 6) is -0.348. The van der Waals surface area contributed by atoms with E-state index >= 15 is 0 Å². The molecule has 0 N–H and O–H groups in total. The lowest BCUT2D eigenvalue weighted by Crippen LogP contribution is -2.30. The number of hydrogen-bond donors (Lipinski definition) is 0. The molecular weight excluding hydrogens is 460 g/mol. The molecule has 0 aliphatic rings. The minimum Gasteiger partial charge on any atom is -0.466 e. The van der Waals surface area contributed by atoms with Gasteiger partial charge >= 0.3 is 11.7 Å². The minimum atomic E-state index is -0.509. The van der Waals surface area contributed by atoms with E-state index in [1.165, 1.54) is 17.1 Å². The number of rotatable bonds is 7. The van der Waals surface area contributed by atoms with Crippen molar-refractivity contribution in [1.29, 1.82) is 0 Å². The lowest BCUT2D eigenvalue weighted by Gasteiger charge is -2.18. The first-order valence-electron chi connectivity index (χ1n) is 11.6. The fraction of sp³-hybridized carbons (Fsp3) is 0.259. The Labute approximate surface area is 206 Å². The Hall–Kier alpha value is -3.78. The SMILES string of the molecule is CCOC(=O)CC(c1ccccc1)n1c(=O)n(Cc2nsc3cc(C)cc(C)c23)c2cnccc21. The number of fused-ring (bicyclic) bond motifs is 2. The Morgan fingerprint density at radius 1 is 1.11 bits per heavy atom. The van der Waals surface area contributed by atoms with Crippen LogP contribution in [-0.4, -0.2) is 31.1 Å². The van der Waals surface area contributed by atoms with Gasteiger partial charge in [-0.05, 0) is 61.1 Å². The number of ether oxygens (including phenoxy) is 1. The maximum atomic E-state index is 14.0. The number of imidazole rings is 1. The van der Waals surface area contributed by atoms with Crippen LogP contribution in [0.4, 0.5) is 0 Å². The van der Waals surface area contributed by atoms with Gasteiger partial charge in [0, 0.05) is 11.6 Å². The first-order chi connectivity index (χ1) is 17.0. The molecule has 0 aliphatic carbocycles. The second kappa shape index (κ2) is 9.46. The maximum absolute atomic E-state index is 14.0. The summed E-state index contributed by atoms with van der Waals surface area (Å²) in [4.78, 5) is 30.8. The van der Waals surface area contributed by atoms with Gasteiger partial charge in [-0.2, -0.15) is 4.37 Å². The molecule has 0 bridgehead atoms. The molecule has 3 aromatic heterocycles. The van der Waals surface area contributed by atoms with Crippen LogP contribution in [0.25, 0.3) is 21.1 Å². The van der Waals surface area contributed by atoms with Crippen LogP contribution in [0.5, 0.6) is 0 Å². The van der Waals surface area contributed by atoms with E-state index in [1.807, 2.05) is 36.4 Å². The lowest BCUT2D eigenvalue weighted by molar-refractivity contribution is -0.143. The van der Waals surface area contributed by atoms with Gasteiger partial charge in [-0.15, -0.1) is 0 Å². The van der Waals surface area contributed by atoms with E-state index in [0.717, 1.165) is 32.4 Å². The van der Waals surface area contributed by atoms with Gasteiger partial charge in [0.2, 0.25) is 0 Å². The van der Waals surface area contributed by atoms with E-state index in [9.17, 15) is 9.59 Å². The van der Waals surface area contributed by atoms with Gasteiger partial charge in [-0.25, -0.2) is 4.79 Å². The van der Waals surface area contributed by atoms with Gasteiger partial charge in [-0.1, -0.05) is 36.4 Å². The molecule has 1 unspecified atom stereocenters. The van der Waals surface area contributed by atoms with Gasteiger partial charge in [-0.3, -0.25) is 18.9 Å². The van der Waals surface area contributed by atoms with Crippen molar-refractivity contribution in [3.63, 3.8) is 0 Å². The van der Waals surface area contributed by atoms with Crippen LogP contribution in [0, 0.1) is 13.8 Å². The highest BCUT2D eigenvalue weighted by molar-refractivity contribution is 7.13. The zero-order chi connectivity index (χ0) is 24.5. The third-order valence-corrected chi connectivity index (χ3v) is 7.05. The fourth-order valence-corrected chi connectivity index (χ4v) is 5.74. The average molecular weight is 487 g/mol. The Morgan fingerprint density at radius 2 is 1.91 bits per heavy atom. The molecule has 2 aromatic carbocycles. The topological polar surface area (TPSA) is 79.0 Å². The second-order valence-electron chi connectivity index (χ2n) is 8.62. The summed E-state index contributed by atoms with van der Waals surface area (Å²) in [7, 11) is 0. The van der Waals surface area contributed by atoms with Crippen molar-refractivity contribution in [3.05, 3.63) is 93.8 Å².